The first kappa shape index (κ1) is 20.2. The second kappa shape index (κ2) is 9.59. The molecule has 2 aromatic carbocycles. The minimum Gasteiger partial charge on any atom is -0.352 e. The predicted octanol–water partition coefficient (Wildman–Crippen LogP) is 6.24. The van der Waals surface area contributed by atoms with Crippen molar-refractivity contribution in [2.24, 2.45) is 11.8 Å². The Morgan fingerprint density at radius 1 is 0.862 bits per heavy atom. The molecule has 0 bridgehead atoms. The van der Waals surface area contributed by atoms with E-state index in [9.17, 15) is 0 Å². The van der Waals surface area contributed by atoms with Crippen LogP contribution in [0.15, 0.2) is 60.1 Å². The van der Waals surface area contributed by atoms with Crippen LogP contribution in [-0.2, 0) is 9.47 Å². The second-order valence-corrected chi connectivity index (χ2v) is 8.29. The molecular weight excluding hydrogens is 382 g/mol. The molecule has 2 fully saturated rings. The number of rotatable bonds is 4. The van der Waals surface area contributed by atoms with Crippen LogP contribution in [0, 0.1) is 23.2 Å². The molecule has 150 valence electrons. The molecule has 3 nitrogen and oxygen atoms in total. The van der Waals surface area contributed by atoms with Crippen LogP contribution in [0.2, 0.25) is 0 Å². The van der Waals surface area contributed by atoms with Crippen LogP contribution >= 0.6 is 11.6 Å². The van der Waals surface area contributed by atoms with Crippen LogP contribution in [0.3, 0.4) is 0 Å². The van der Waals surface area contributed by atoms with Gasteiger partial charge in [-0.1, -0.05) is 54.1 Å². The van der Waals surface area contributed by atoms with E-state index in [1.54, 1.807) is 5.54 Å². The van der Waals surface area contributed by atoms with Crippen LogP contribution in [0.5, 0.6) is 0 Å². The van der Waals surface area contributed by atoms with E-state index in [0.717, 1.165) is 18.4 Å². The molecule has 1 saturated carbocycles. The Bertz CT molecular complexity index is 853. The highest BCUT2D eigenvalue weighted by atomic mass is 35.5. The van der Waals surface area contributed by atoms with Gasteiger partial charge in [0.2, 0.25) is 0 Å². The molecule has 1 saturated heterocycles. The first-order valence-electron chi connectivity index (χ1n) is 10.4. The molecule has 2 aromatic rings. The fourth-order valence-electron chi connectivity index (χ4n) is 4.43. The zero-order valence-electron chi connectivity index (χ0n) is 16.5. The number of hydrogen-bond donors (Lipinski definition) is 0. The Morgan fingerprint density at radius 3 is 2.00 bits per heavy atom. The lowest BCUT2D eigenvalue weighted by molar-refractivity contribution is -0.222. The van der Waals surface area contributed by atoms with Crippen molar-refractivity contribution in [3.05, 3.63) is 71.3 Å². The lowest BCUT2D eigenvalue weighted by Crippen LogP contribution is -2.37. The minimum atomic E-state index is -0.0605. The van der Waals surface area contributed by atoms with E-state index in [2.05, 4.69) is 30.3 Å². The van der Waals surface area contributed by atoms with Crippen molar-refractivity contribution in [1.29, 1.82) is 5.26 Å². The summed E-state index contributed by atoms with van der Waals surface area (Å²) in [5.74, 6) is 1.37. The zero-order valence-corrected chi connectivity index (χ0v) is 17.2. The summed E-state index contributed by atoms with van der Waals surface area (Å²) in [6.07, 6.45) is 6.51. The van der Waals surface area contributed by atoms with Crippen LogP contribution in [-0.4, -0.2) is 19.5 Å². The van der Waals surface area contributed by atoms with Gasteiger partial charge in [0.1, 0.15) is 0 Å². The van der Waals surface area contributed by atoms with Crippen molar-refractivity contribution < 1.29 is 9.47 Å². The third kappa shape index (κ3) is 4.90. The second-order valence-electron chi connectivity index (χ2n) is 8.04. The largest absolute Gasteiger partial charge is 0.352 e. The molecule has 0 aromatic heterocycles. The summed E-state index contributed by atoms with van der Waals surface area (Å²) < 4.78 is 11.9. The van der Waals surface area contributed by atoms with Gasteiger partial charge in [0, 0.05) is 17.4 Å². The maximum absolute atomic E-state index is 8.94. The predicted molar refractivity (Wildman–Crippen MR) is 115 cm³/mol. The molecular formula is C25H26ClNO2. The molecule has 2 aliphatic rings. The van der Waals surface area contributed by atoms with E-state index < -0.39 is 0 Å². The van der Waals surface area contributed by atoms with Gasteiger partial charge in [0.25, 0.3) is 0 Å². The molecule has 0 N–H and O–H groups in total. The van der Waals surface area contributed by atoms with E-state index >= 15 is 0 Å². The summed E-state index contributed by atoms with van der Waals surface area (Å²) in [6, 6.07) is 18.8. The third-order valence-electron chi connectivity index (χ3n) is 6.18. The lowest BCUT2D eigenvalue weighted by Gasteiger charge is -2.37. The summed E-state index contributed by atoms with van der Waals surface area (Å²) in [6.45, 7) is 1.40. The summed E-state index contributed by atoms with van der Waals surface area (Å²) >= 11 is 5.65. The molecule has 4 heteroatoms. The molecule has 0 radical (unpaired) electrons. The standard InChI is InChI=1S/C25H26ClNO2/c26-14-13-19-16-28-25(29-17-19)24-11-9-23(10-12-24)22-7-5-21(6-8-22)20-3-1-18(15-27)2-4-20/h1-8,13-14,19,23-25H,9-12,16-17H2. The number of benzene rings is 2. The smallest absolute Gasteiger partial charge is 0.160 e. The monoisotopic (exact) mass is 407 g/mol. The maximum Gasteiger partial charge on any atom is 0.160 e. The van der Waals surface area contributed by atoms with Gasteiger partial charge in [0.05, 0.1) is 24.8 Å². The summed E-state index contributed by atoms with van der Waals surface area (Å²) in [5.41, 5.74) is 6.00. The van der Waals surface area contributed by atoms with Crippen molar-refractivity contribution in [2.75, 3.05) is 13.2 Å². The lowest BCUT2D eigenvalue weighted by atomic mass is 9.78. The van der Waals surface area contributed by atoms with Gasteiger partial charge in [-0.15, -0.1) is 0 Å². The van der Waals surface area contributed by atoms with Gasteiger partial charge in [-0.25, -0.2) is 0 Å². The number of hydrogen-bond acceptors (Lipinski definition) is 3. The van der Waals surface area contributed by atoms with Crippen LogP contribution in [0.25, 0.3) is 11.1 Å². The van der Waals surface area contributed by atoms with Crippen molar-refractivity contribution in [1.82, 2.24) is 0 Å². The fraction of sp³-hybridized carbons (Fsp3) is 0.400. The maximum atomic E-state index is 8.94. The van der Waals surface area contributed by atoms with E-state index in [4.69, 9.17) is 26.3 Å². The molecule has 0 unspecified atom stereocenters. The highest BCUT2D eigenvalue weighted by Crippen LogP contribution is 2.39. The van der Waals surface area contributed by atoms with E-state index in [-0.39, 0.29) is 12.2 Å². The van der Waals surface area contributed by atoms with Gasteiger partial charge in [0.15, 0.2) is 6.29 Å². The number of halogens is 1. The average molecular weight is 408 g/mol. The Balaban J connectivity index is 1.31. The van der Waals surface area contributed by atoms with Crippen LogP contribution < -0.4 is 0 Å². The quantitative estimate of drug-likeness (QED) is 0.602. The minimum absolute atomic E-state index is 0.0605. The highest BCUT2D eigenvalue weighted by Gasteiger charge is 2.32. The Morgan fingerprint density at radius 2 is 1.45 bits per heavy atom. The first-order chi connectivity index (χ1) is 14.3. The van der Waals surface area contributed by atoms with Crippen molar-refractivity contribution in [3.63, 3.8) is 0 Å². The Labute approximate surface area is 177 Å². The van der Waals surface area contributed by atoms with Crippen molar-refractivity contribution in [2.45, 2.75) is 37.9 Å². The Kier molecular flexibility index (Phi) is 6.67. The fourth-order valence-corrected chi connectivity index (χ4v) is 4.63. The van der Waals surface area contributed by atoms with Crippen molar-refractivity contribution >= 4 is 11.6 Å². The molecule has 29 heavy (non-hydrogen) atoms. The van der Waals surface area contributed by atoms with Gasteiger partial charge < -0.3 is 9.47 Å². The van der Waals surface area contributed by atoms with Gasteiger partial charge in [-0.3, -0.25) is 0 Å². The third-order valence-corrected chi connectivity index (χ3v) is 6.33. The SMILES string of the molecule is N#Cc1ccc(-c2ccc(C3CCC(C4OCC(C=CCl)CO4)CC3)cc2)cc1. The van der Waals surface area contributed by atoms with Crippen LogP contribution in [0.1, 0.15) is 42.7 Å². The molecule has 0 atom stereocenters. The summed E-state index contributed by atoms with van der Waals surface area (Å²) in [5, 5.41) is 8.94. The van der Waals surface area contributed by atoms with Gasteiger partial charge in [-0.05, 0) is 60.4 Å². The average Bonchev–Trinajstić information content (AvgIpc) is 2.80. The van der Waals surface area contributed by atoms with Crippen LogP contribution in [0.4, 0.5) is 0 Å². The zero-order chi connectivity index (χ0) is 20.1. The number of nitriles is 1. The highest BCUT2D eigenvalue weighted by molar-refractivity contribution is 6.25. The van der Waals surface area contributed by atoms with Gasteiger partial charge in [-0.2, -0.15) is 5.26 Å². The number of ether oxygens (including phenoxy) is 2. The molecule has 1 aliphatic carbocycles. The molecule has 0 spiro atoms. The molecule has 4 rings (SSSR count). The molecule has 0 amide bonds. The topological polar surface area (TPSA) is 42.2 Å². The molecule has 1 aliphatic heterocycles. The summed E-state index contributed by atoms with van der Waals surface area (Å²) in [7, 11) is 0. The molecule has 1 heterocycles. The van der Waals surface area contributed by atoms with E-state index in [1.807, 2.05) is 30.3 Å². The first-order valence-corrected chi connectivity index (χ1v) is 10.8. The van der Waals surface area contributed by atoms with Crippen molar-refractivity contribution in [3.8, 4) is 17.2 Å². The van der Waals surface area contributed by atoms with E-state index in [1.165, 1.54) is 24.0 Å². The normalized spacial score (nSPS) is 27.6. The van der Waals surface area contributed by atoms with E-state index in [0.29, 0.717) is 30.6 Å². The Hall–Kier alpha value is -2.12. The van der Waals surface area contributed by atoms with Gasteiger partial charge >= 0.3 is 0 Å². The summed E-state index contributed by atoms with van der Waals surface area (Å²) in [4.78, 5) is 0. The number of nitrogens with zero attached hydrogens (tertiary/aromatic N) is 1.